The van der Waals surface area contributed by atoms with Crippen molar-refractivity contribution in [3.8, 4) is 17.2 Å². The predicted octanol–water partition coefficient (Wildman–Crippen LogP) is 6.73. The second-order valence-corrected chi connectivity index (χ2v) is 10.4. The molecule has 0 unspecified atom stereocenters. The maximum Gasteiger partial charge on any atom is 0.264 e. The van der Waals surface area contributed by atoms with E-state index in [1.807, 2.05) is 0 Å². The summed E-state index contributed by atoms with van der Waals surface area (Å²) in [6.45, 7) is 0. The van der Waals surface area contributed by atoms with Crippen molar-refractivity contribution in [1.29, 1.82) is 0 Å². The SMILES string of the molecule is COc1ccc(OC)c([C@H]2[C@H](N3C(=O)c4c(Cl)c(Cl)c(Cl)c(Cl)c4C3=O)C(=O)N2c2ccc(OC)c(Cl)c2)c1. The smallest absolute Gasteiger partial charge is 0.264 e. The van der Waals surface area contributed by atoms with Crippen LogP contribution in [0.5, 0.6) is 17.2 Å². The zero-order chi connectivity index (χ0) is 28.3. The number of imide groups is 1. The Labute approximate surface area is 247 Å². The van der Waals surface area contributed by atoms with Gasteiger partial charge in [0.15, 0.2) is 0 Å². The van der Waals surface area contributed by atoms with Crippen LogP contribution >= 0.6 is 58.0 Å². The molecule has 0 radical (unpaired) electrons. The molecule has 3 aromatic rings. The molecule has 8 nitrogen and oxygen atoms in total. The number of fused-ring (bicyclic) bond motifs is 1. The highest BCUT2D eigenvalue weighted by Crippen LogP contribution is 2.51. The van der Waals surface area contributed by atoms with Crippen molar-refractivity contribution in [3.63, 3.8) is 0 Å². The van der Waals surface area contributed by atoms with E-state index >= 15 is 0 Å². The van der Waals surface area contributed by atoms with Crippen molar-refractivity contribution in [3.05, 3.63) is 78.2 Å². The molecule has 13 heteroatoms. The molecule has 2 aliphatic heterocycles. The zero-order valence-electron chi connectivity index (χ0n) is 20.4. The Bertz CT molecular complexity index is 1530. The van der Waals surface area contributed by atoms with Crippen molar-refractivity contribution < 1.29 is 28.6 Å². The molecule has 0 saturated carbocycles. The lowest BCUT2D eigenvalue weighted by Gasteiger charge is -2.50. The van der Waals surface area contributed by atoms with Gasteiger partial charge in [-0.1, -0.05) is 58.0 Å². The molecular weight excluding hydrogens is 614 g/mol. The van der Waals surface area contributed by atoms with Crippen molar-refractivity contribution in [2.75, 3.05) is 26.2 Å². The normalized spacial score (nSPS) is 18.3. The Balaban J connectivity index is 1.68. The maximum absolute atomic E-state index is 13.8. The van der Waals surface area contributed by atoms with Crippen LogP contribution in [0.3, 0.4) is 0 Å². The van der Waals surface area contributed by atoms with Gasteiger partial charge in [-0.2, -0.15) is 0 Å². The third-order valence-corrected chi connectivity index (χ3v) is 8.74. The average molecular weight is 631 g/mol. The Morgan fingerprint density at radius 1 is 0.641 bits per heavy atom. The number of nitrogens with zero attached hydrogens (tertiary/aromatic N) is 2. The van der Waals surface area contributed by atoms with E-state index in [2.05, 4.69) is 0 Å². The molecule has 2 atom stereocenters. The average Bonchev–Trinajstić information content (AvgIpc) is 3.18. The highest BCUT2D eigenvalue weighted by molar-refractivity contribution is 6.55. The first kappa shape index (κ1) is 27.7. The molecule has 1 saturated heterocycles. The molecule has 0 bridgehead atoms. The number of methoxy groups -OCH3 is 3. The van der Waals surface area contributed by atoms with Gasteiger partial charge in [0.2, 0.25) is 0 Å². The number of halogens is 5. The van der Waals surface area contributed by atoms with Crippen molar-refractivity contribution in [2.24, 2.45) is 0 Å². The van der Waals surface area contributed by atoms with Gasteiger partial charge in [0, 0.05) is 11.3 Å². The first-order chi connectivity index (χ1) is 18.6. The molecule has 202 valence electrons. The van der Waals surface area contributed by atoms with E-state index in [0.29, 0.717) is 28.5 Å². The fourth-order valence-electron chi connectivity index (χ4n) is 4.82. The second-order valence-electron chi connectivity index (χ2n) is 8.51. The highest BCUT2D eigenvalue weighted by atomic mass is 35.5. The number of hydrogen-bond acceptors (Lipinski definition) is 6. The molecular formula is C26H17Cl5N2O6. The summed E-state index contributed by atoms with van der Waals surface area (Å²) < 4.78 is 16.2. The monoisotopic (exact) mass is 628 g/mol. The number of rotatable bonds is 6. The van der Waals surface area contributed by atoms with Gasteiger partial charge in [0.05, 0.1) is 63.6 Å². The van der Waals surface area contributed by atoms with Crippen molar-refractivity contribution in [2.45, 2.75) is 12.1 Å². The summed E-state index contributed by atoms with van der Waals surface area (Å²) in [6.07, 6.45) is 0. The minimum Gasteiger partial charge on any atom is -0.497 e. The Morgan fingerprint density at radius 3 is 1.72 bits per heavy atom. The summed E-state index contributed by atoms with van der Waals surface area (Å²) in [7, 11) is 4.41. The van der Waals surface area contributed by atoms with E-state index in [4.69, 9.17) is 72.2 Å². The third-order valence-electron chi connectivity index (χ3n) is 6.65. The molecule has 0 aliphatic carbocycles. The minimum absolute atomic E-state index is 0.175. The minimum atomic E-state index is -1.30. The van der Waals surface area contributed by atoms with Crippen LogP contribution in [0, 0.1) is 0 Å². The lowest BCUT2D eigenvalue weighted by atomic mass is 9.85. The highest BCUT2D eigenvalue weighted by Gasteiger charge is 2.59. The van der Waals surface area contributed by atoms with Crippen molar-refractivity contribution >= 4 is 81.4 Å². The van der Waals surface area contributed by atoms with Gasteiger partial charge in [-0.3, -0.25) is 19.3 Å². The van der Waals surface area contributed by atoms with Gasteiger partial charge in [-0.05, 0) is 36.4 Å². The summed E-state index contributed by atoms with van der Waals surface area (Å²) in [5, 5.41) is -0.562. The number of benzene rings is 3. The predicted molar refractivity (Wildman–Crippen MR) is 149 cm³/mol. The second kappa shape index (κ2) is 10.3. The summed E-state index contributed by atoms with van der Waals surface area (Å²) in [6, 6.07) is 7.57. The van der Waals surface area contributed by atoms with Crippen LogP contribution in [-0.4, -0.2) is 50.0 Å². The quantitative estimate of drug-likeness (QED) is 0.130. The van der Waals surface area contributed by atoms with E-state index in [1.165, 1.54) is 26.2 Å². The molecule has 3 amide bonds. The molecule has 5 rings (SSSR count). The van der Waals surface area contributed by atoms with E-state index in [1.54, 1.807) is 36.4 Å². The molecule has 0 spiro atoms. The number of amides is 3. The fourth-order valence-corrected chi connectivity index (χ4v) is 6.08. The first-order valence-corrected chi connectivity index (χ1v) is 13.1. The van der Waals surface area contributed by atoms with E-state index < -0.39 is 29.8 Å². The number of ether oxygens (including phenoxy) is 3. The van der Waals surface area contributed by atoms with Gasteiger partial charge in [0.1, 0.15) is 23.3 Å². The van der Waals surface area contributed by atoms with Crippen LogP contribution in [0.2, 0.25) is 25.1 Å². The van der Waals surface area contributed by atoms with Gasteiger partial charge >= 0.3 is 0 Å². The van der Waals surface area contributed by atoms with E-state index in [9.17, 15) is 14.4 Å². The van der Waals surface area contributed by atoms with Crippen LogP contribution in [0.4, 0.5) is 5.69 Å². The molecule has 39 heavy (non-hydrogen) atoms. The van der Waals surface area contributed by atoms with Gasteiger partial charge in [-0.15, -0.1) is 0 Å². The van der Waals surface area contributed by atoms with Crippen LogP contribution in [-0.2, 0) is 4.79 Å². The number of hydrogen-bond donors (Lipinski definition) is 0. The largest absolute Gasteiger partial charge is 0.497 e. The Hall–Kier alpha value is -2.88. The molecule has 1 fully saturated rings. The third kappa shape index (κ3) is 4.08. The number of carbonyl (C=O) groups is 3. The van der Waals surface area contributed by atoms with E-state index in [-0.39, 0.29) is 36.2 Å². The van der Waals surface area contributed by atoms with E-state index in [0.717, 1.165) is 4.90 Å². The van der Waals surface area contributed by atoms with Crippen LogP contribution < -0.4 is 19.1 Å². The lowest BCUT2D eigenvalue weighted by Crippen LogP contribution is -2.67. The lowest BCUT2D eigenvalue weighted by molar-refractivity contribution is -0.130. The molecule has 2 heterocycles. The molecule has 2 aliphatic rings. The fraction of sp³-hybridized carbons (Fsp3) is 0.192. The first-order valence-electron chi connectivity index (χ1n) is 11.2. The molecule has 0 aromatic heterocycles. The van der Waals surface area contributed by atoms with Crippen LogP contribution in [0.1, 0.15) is 32.3 Å². The Kier molecular flexibility index (Phi) is 7.28. The Morgan fingerprint density at radius 2 is 1.21 bits per heavy atom. The van der Waals surface area contributed by atoms with Gasteiger partial charge < -0.3 is 19.1 Å². The number of anilines is 1. The molecule has 3 aromatic carbocycles. The summed E-state index contributed by atoms with van der Waals surface area (Å²) in [4.78, 5) is 43.3. The van der Waals surface area contributed by atoms with Crippen LogP contribution in [0.15, 0.2) is 36.4 Å². The number of carbonyl (C=O) groups excluding carboxylic acids is 3. The standard InChI is InChI=1S/C26H17Cl5N2O6/c1-37-11-5-7-14(38-2)12(9-11)22-23(26(36)32(22)10-4-6-15(39-3)13(27)8-10)33-24(34)16-17(25(33)35)19(29)21(31)20(30)18(16)28/h4-9,22-23H,1-3H3/t22-,23-/m0/s1. The van der Waals surface area contributed by atoms with Gasteiger partial charge in [-0.25, -0.2) is 0 Å². The number of β-lactam (4-membered cyclic amide) rings is 1. The molecule has 0 N–H and O–H groups in total. The summed E-state index contributed by atoms with van der Waals surface area (Å²) >= 11 is 31.3. The van der Waals surface area contributed by atoms with Crippen molar-refractivity contribution in [1.82, 2.24) is 4.90 Å². The summed E-state index contributed by atoms with van der Waals surface area (Å²) in [5.41, 5.74) is 0.418. The van der Waals surface area contributed by atoms with Crippen LogP contribution in [0.25, 0.3) is 0 Å². The zero-order valence-corrected chi connectivity index (χ0v) is 24.1. The van der Waals surface area contributed by atoms with Gasteiger partial charge in [0.25, 0.3) is 17.7 Å². The maximum atomic E-state index is 13.8. The summed E-state index contributed by atoms with van der Waals surface area (Å²) in [5.74, 6) is -0.981. The topological polar surface area (TPSA) is 85.4 Å².